The van der Waals surface area contributed by atoms with Crippen LogP contribution in [0.2, 0.25) is 5.02 Å². The summed E-state index contributed by atoms with van der Waals surface area (Å²) in [6, 6.07) is 1.80. The monoisotopic (exact) mass is 393 g/mol. The summed E-state index contributed by atoms with van der Waals surface area (Å²) in [4.78, 5) is 14.3. The molecule has 25 heavy (non-hydrogen) atoms. The summed E-state index contributed by atoms with van der Waals surface area (Å²) in [6.07, 6.45) is 3.04. The molecular formula is C16H18ClF2NO4S. The predicted octanol–water partition coefficient (Wildman–Crippen LogP) is 3.26. The maximum Gasteiger partial charge on any atom is 0.264 e. The van der Waals surface area contributed by atoms with E-state index in [-0.39, 0.29) is 16.6 Å². The molecule has 1 saturated heterocycles. The van der Waals surface area contributed by atoms with Crippen molar-refractivity contribution in [1.29, 1.82) is 0 Å². The second-order valence-corrected chi connectivity index (χ2v) is 8.71. The van der Waals surface area contributed by atoms with Gasteiger partial charge >= 0.3 is 0 Å². The average molecular weight is 394 g/mol. The van der Waals surface area contributed by atoms with Crippen molar-refractivity contribution in [2.45, 2.75) is 38.2 Å². The van der Waals surface area contributed by atoms with Gasteiger partial charge in [-0.25, -0.2) is 8.78 Å². The Morgan fingerprint density at radius 1 is 1.20 bits per heavy atom. The van der Waals surface area contributed by atoms with Crippen molar-refractivity contribution in [3.63, 3.8) is 0 Å². The van der Waals surface area contributed by atoms with Crippen molar-refractivity contribution in [3.8, 4) is 0 Å². The zero-order valence-corrected chi connectivity index (χ0v) is 15.2. The maximum absolute atomic E-state index is 13.5. The zero-order chi connectivity index (χ0) is 18.4. The first-order valence-corrected chi connectivity index (χ1v) is 10.2. The number of anilines is 1. The number of hydrogen-bond acceptors (Lipinski definition) is 4. The number of amides is 1. The first-order valence-electron chi connectivity index (χ1n) is 7.96. The largest absolute Gasteiger partial charge is 0.310 e. The molecule has 0 N–H and O–H groups in total. The van der Waals surface area contributed by atoms with Gasteiger partial charge in [-0.05, 0) is 38.2 Å². The lowest BCUT2D eigenvalue weighted by atomic mass is 9.72. The quantitative estimate of drug-likeness (QED) is 0.584. The number of carbonyl (C=O) groups is 1. The Balaban J connectivity index is 1.76. The second-order valence-electron chi connectivity index (χ2n) is 6.70. The predicted molar refractivity (Wildman–Crippen MR) is 89.0 cm³/mol. The molecular weight excluding hydrogens is 376 g/mol. The second kappa shape index (κ2) is 6.48. The molecule has 1 aliphatic carbocycles. The first kappa shape index (κ1) is 18.5. The van der Waals surface area contributed by atoms with E-state index in [2.05, 4.69) is 0 Å². The third kappa shape index (κ3) is 3.66. The van der Waals surface area contributed by atoms with E-state index in [1.54, 1.807) is 0 Å². The Hall–Kier alpha value is -1.25. The van der Waals surface area contributed by atoms with Gasteiger partial charge in [-0.2, -0.15) is 8.42 Å². The highest BCUT2D eigenvalue weighted by Crippen LogP contribution is 2.47. The van der Waals surface area contributed by atoms with Crippen molar-refractivity contribution in [1.82, 2.24) is 0 Å². The maximum atomic E-state index is 13.5. The lowest BCUT2D eigenvalue weighted by Gasteiger charge is -2.35. The molecule has 3 rings (SSSR count). The van der Waals surface area contributed by atoms with Crippen LogP contribution in [0.25, 0.3) is 0 Å². The average Bonchev–Trinajstić information content (AvgIpc) is 2.82. The summed E-state index contributed by atoms with van der Waals surface area (Å²) >= 11 is 5.98. The highest BCUT2D eigenvalue weighted by Gasteiger charge is 2.49. The fraction of sp³-hybridized carbons (Fsp3) is 0.562. The normalized spacial score (nSPS) is 27.3. The zero-order valence-electron chi connectivity index (χ0n) is 13.6. The Kier molecular flexibility index (Phi) is 4.81. The molecule has 1 aromatic rings. The standard InChI is InChI=1S/C16H18ClF2NO4S/c1-25(22,23)24-10-2-4-16(5-3-10)6-7-20(15(16)21)14-9-13(19)12(18)8-11(14)17/h8-10H,2-7H2,1H3. The fourth-order valence-electron chi connectivity index (χ4n) is 3.72. The molecule has 2 fully saturated rings. The van der Waals surface area contributed by atoms with Crippen LogP contribution in [0.1, 0.15) is 32.1 Å². The van der Waals surface area contributed by atoms with E-state index >= 15 is 0 Å². The van der Waals surface area contributed by atoms with Gasteiger partial charge < -0.3 is 4.90 Å². The number of hydrogen-bond donors (Lipinski definition) is 0. The van der Waals surface area contributed by atoms with Crippen LogP contribution in [-0.4, -0.2) is 33.2 Å². The topological polar surface area (TPSA) is 63.7 Å². The van der Waals surface area contributed by atoms with E-state index in [1.807, 2.05) is 0 Å². The van der Waals surface area contributed by atoms with Gasteiger partial charge in [-0.1, -0.05) is 11.6 Å². The van der Waals surface area contributed by atoms with Gasteiger partial charge in [0, 0.05) is 12.6 Å². The molecule has 1 heterocycles. The third-order valence-corrected chi connectivity index (χ3v) is 5.92. The number of nitrogens with zero attached hydrogens (tertiary/aromatic N) is 1. The summed E-state index contributed by atoms with van der Waals surface area (Å²) in [7, 11) is -3.53. The molecule has 0 unspecified atom stereocenters. The van der Waals surface area contributed by atoms with E-state index in [0.717, 1.165) is 18.4 Å². The van der Waals surface area contributed by atoms with Crippen LogP contribution < -0.4 is 4.90 Å². The molecule has 5 nitrogen and oxygen atoms in total. The molecule has 1 spiro atoms. The smallest absolute Gasteiger partial charge is 0.264 e. The summed E-state index contributed by atoms with van der Waals surface area (Å²) in [5.74, 6) is -2.30. The van der Waals surface area contributed by atoms with Gasteiger partial charge in [-0.15, -0.1) is 0 Å². The van der Waals surface area contributed by atoms with Crippen LogP contribution in [0, 0.1) is 17.0 Å². The van der Waals surface area contributed by atoms with E-state index in [1.165, 1.54) is 4.90 Å². The molecule has 0 aromatic heterocycles. The molecule has 1 aromatic carbocycles. The summed E-state index contributed by atoms with van der Waals surface area (Å²) in [5, 5.41) is -0.0154. The van der Waals surface area contributed by atoms with Gasteiger partial charge in [0.25, 0.3) is 10.1 Å². The molecule has 138 valence electrons. The molecule has 1 aliphatic heterocycles. The minimum Gasteiger partial charge on any atom is -0.310 e. The molecule has 2 aliphatic rings. The molecule has 0 bridgehead atoms. The lowest BCUT2D eigenvalue weighted by molar-refractivity contribution is -0.128. The first-order chi connectivity index (χ1) is 11.6. The van der Waals surface area contributed by atoms with Gasteiger partial charge in [0.05, 0.1) is 28.5 Å². The molecule has 1 amide bonds. The highest BCUT2D eigenvalue weighted by molar-refractivity contribution is 7.86. The van der Waals surface area contributed by atoms with Crippen molar-refractivity contribution < 1.29 is 26.2 Å². The molecule has 1 saturated carbocycles. The van der Waals surface area contributed by atoms with Crippen LogP contribution in [0.3, 0.4) is 0 Å². The van der Waals surface area contributed by atoms with Crippen LogP contribution >= 0.6 is 11.6 Å². The van der Waals surface area contributed by atoms with Crippen LogP contribution in [0.15, 0.2) is 12.1 Å². The van der Waals surface area contributed by atoms with Crippen molar-refractivity contribution in [2.75, 3.05) is 17.7 Å². The van der Waals surface area contributed by atoms with Crippen molar-refractivity contribution in [3.05, 3.63) is 28.8 Å². The SMILES string of the molecule is CS(=O)(=O)OC1CCC2(CC1)CCN(c1cc(F)c(F)cc1Cl)C2=O. The highest BCUT2D eigenvalue weighted by atomic mass is 35.5. The number of halogens is 3. The fourth-order valence-corrected chi connectivity index (χ4v) is 4.66. The number of benzene rings is 1. The third-order valence-electron chi connectivity index (χ3n) is 4.99. The lowest BCUT2D eigenvalue weighted by Crippen LogP contribution is -2.39. The molecule has 0 radical (unpaired) electrons. The summed E-state index contributed by atoms with van der Waals surface area (Å²) in [6.45, 7) is 0.362. The van der Waals surface area contributed by atoms with E-state index in [9.17, 15) is 22.0 Å². The van der Waals surface area contributed by atoms with Crippen LogP contribution in [-0.2, 0) is 19.1 Å². The van der Waals surface area contributed by atoms with Gasteiger partial charge in [0.2, 0.25) is 5.91 Å². The Morgan fingerprint density at radius 3 is 2.40 bits per heavy atom. The summed E-state index contributed by atoms with van der Waals surface area (Å²) < 4.78 is 54.3. The Morgan fingerprint density at radius 2 is 1.80 bits per heavy atom. The van der Waals surface area contributed by atoms with Gasteiger partial charge in [-0.3, -0.25) is 8.98 Å². The number of rotatable bonds is 3. The van der Waals surface area contributed by atoms with E-state index in [0.29, 0.717) is 38.6 Å². The minimum atomic E-state index is -3.53. The van der Waals surface area contributed by atoms with Gasteiger partial charge in [0.1, 0.15) is 0 Å². The van der Waals surface area contributed by atoms with Crippen LogP contribution in [0.4, 0.5) is 14.5 Å². The van der Waals surface area contributed by atoms with Crippen LogP contribution in [0.5, 0.6) is 0 Å². The minimum absolute atomic E-state index is 0.0154. The van der Waals surface area contributed by atoms with E-state index < -0.39 is 33.3 Å². The number of carbonyl (C=O) groups excluding carboxylic acids is 1. The Labute approximate surface area is 150 Å². The van der Waals surface area contributed by atoms with Crippen molar-refractivity contribution in [2.24, 2.45) is 5.41 Å². The van der Waals surface area contributed by atoms with Crippen molar-refractivity contribution >= 4 is 33.3 Å². The Bertz CT molecular complexity index is 807. The van der Waals surface area contributed by atoms with E-state index in [4.69, 9.17) is 15.8 Å². The van der Waals surface area contributed by atoms with Gasteiger partial charge in [0.15, 0.2) is 11.6 Å². The molecule has 0 atom stereocenters. The summed E-state index contributed by atoms with van der Waals surface area (Å²) in [5.41, 5.74) is -0.456. The molecule has 9 heteroatoms.